The van der Waals surface area contributed by atoms with E-state index in [2.05, 4.69) is 0 Å². The van der Waals surface area contributed by atoms with Crippen molar-refractivity contribution in [1.29, 1.82) is 0 Å². The number of aliphatic carboxylic acids is 1. The largest absolute Gasteiger partial charge is 0.497 e. The monoisotopic (exact) mass is 305 g/mol. The minimum atomic E-state index is -0.753. The molecule has 0 aromatic heterocycles. The van der Waals surface area contributed by atoms with Gasteiger partial charge in [-0.3, -0.25) is 9.59 Å². The van der Waals surface area contributed by atoms with Gasteiger partial charge in [-0.15, -0.1) is 0 Å². The maximum atomic E-state index is 12.4. The Balaban J connectivity index is 1.90. The molecule has 1 fully saturated rings. The maximum Gasteiger partial charge on any atom is 0.306 e. The number of carbonyl (C=O) groups is 2. The van der Waals surface area contributed by atoms with E-state index >= 15 is 0 Å². The van der Waals surface area contributed by atoms with Gasteiger partial charge in [-0.25, -0.2) is 0 Å². The molecule has 1 aromatic carbocycles. The van der Waals surface area contributed by atoms with Crippen molar-refractivity contribution >= 4 is 11.9 Å². The Morgan fingerprint density at radius 3 is 2.64 bits per heavy atom. The number of ether oxygens (including phenoxy) is 1. The summed E-state index contributed by atoms with van der Waals surface area (Å²) in [6, 6.07) is 7.76. The molecule has 0 unspecified atom stereocenters. The topological polar surface area (TPSA) is 66.8 Å². The molecule has 1 saturated heterocycles. The summed E-state index contributed by atoms with van der Waals surface area (Å²) in [6.45, 7) is 3.11. The maximum absolute atomic E-state index is 12.4. The Hall–Kier alpha value is -2.04. The summed E-state index contributed by atoms with van der Waals surface area (Å²) in [5.41, 5.74) is 1.08. The van der Waals surface area contributed by atoms with Crippen LogP contribution in [0.2, 0.25) is 0 Å². The average Bonchev–Trinajstić information content (AvgIpc) is 2.54. The number of nitrogens with zero attached hydrogens (tertiary/aromatic N) is 1. The van der Waals surface area contributed by atoms with Gasteiger partial charge in [0.15, 0.2) is 0 Å². The third-order valence-corrected chi connectivity index (χ3v) is 4.34. The van der Waals surface area contributed by atoms with Crippen molar-refractivity contribution in [2.75, 3.05) is 20.2 Å². The molecule has 0 saturated carbocycles. The summed E-state index contributed by atoms with van der Waals surface area (Å²) in [5, 5.41) is 8.99. The number of carboxylic acids is 1. The average molecular weight is 305 g/mol. The molecule has 5 heteroatoms. The van der Waals surface area contributed by atoms with E-state index in [0.717, 1.165) is 11.3 Å². The highest BCUT2D eigenvalue weighted by atomic mass is 16.5. The number of likely N-dealkylation sites (tertiary alicyclic amines) is 1. The van der Waals surface area contributed by atoms with E-state index in [-0.39, 0.29) is 17.7 Å². The Bertz CT molecular complexity index is 535. The van der Waals surface area contributed by atoms with Gasteiger partial charge in [0.1, 0.15) is 5.75 Å². The predicted molar refractivity (Wildman–Crippen MR) is 83.0 cm³/mol. The van der Waals surface area contributed by atoms with Crippen LogP contribution in [0.25, 0.3) is 0 Å². The summed E-state index contributed by atoms with van der Waals surface area (Å²) < 4.78 is 5.21. The number of methoxy groups -OCH3 is 1. The third kappa shape index (κ3) is 4.00. The smallest absolute Gasteiger partial charge is 0.306 e. The first-order valence-corrected chi connectivity index (χ1v) is 7.65. The van der Waals surface area contributed by atoms with Crippen LogP contribution in [0.4, 0.5) is 0 Å². The fraction of sp³-hybridized carbons (Fsp3) is 0.529. The number of amides is 1. The first kappa shape index (κ1) is 16.3. The molecule has 1 amide bonds. The van der Waals surface area contributed by atoms with Crippen molar-refractivity contribution in [1.82, 2.24) is 4.90 Å². The molecule has 120 valence electrons. The molecule has 1 aliphatic rings. The van der Waals surface area contributed by atoms with Gasteiger partial charge in [-0.2, -0.15) is 0 Å². The zero-order valence-electron chi connectivity index (χ0n) is 13.1. The third-order valence-electron chi connectivity index (χ3n) is 4.34. The zero-order valence-corrected chi connectivity index (χ0v) is 13.1. The SMILES string of the molecule is COc1cccc([C@@H](C)CC(=O)N2CCC(C(=O)O)CC2)c1. The Morgan fingerprint density at radius 2 is 2.05 bits per heavy atom. The van der Waals surface area contributed by atoms with E-state index in [4.69, 9.17) is 9.84 Å². The fourth-order valence-electron chi connectivity index (χ4n) is 2.83. The van der Waals surface area contributed by atoms with Gasteiger partial charge in [0, 0.05) is 19.5 Å². The van der Waals surface area contributed by atoms with Crippen LogP contribution in [-0.2, 0) is 9.59 Å². The van der Waals surface area contributed by atoms with Crippen molar-refractivity contribution < 1.29 is 19.4 Å². The molecule has 1 heterocycles. The molecule has 1 N–H and O–H groups in total. The Labute approximate surface area is 130 Å². The van der Waals surface area contributed by atoms with Gasteiger partial charge in [0.2, 0.25) is 5.91 Å². The molecule has 0 spiro atoms. The first-order chi connectivity index (χ1) is 10.5. The van der Waals surface area contributed by atoms with Crippen molar-refractivity contribution in [3.05, 3.63) is 29.8 Å². The lowest BCUT2D eigenvalue weighted by atomic mass is 9.94. The lowest BCUT2D eigenvalue weighted by molar-refractivity contribution is -0.145. The van der Waals surface area contributed by atoms with Crippen LogP contribution in [0.5, 0.6) is 5.75 Å². The Kier molecular flexibility index (Phi) is 5.41. The lowest BCUT2D eigenvalue weighted by Gasteiger charge is -2.31. The van der Waals surface area contributed by atoms with Gasteiger partial charge in [-0.1, -0.05) is 19.1 Å². The number of benzene rings is 1. The molecule has 1 aromatic rings. The molecule has 22 heavy (non-hydrogen) atoms. The number of hydrogen-bond acceptors (Lipinski definition) is 3. The van der Waals surface area contributed by atoms with Crippen LogP contribution in [0.15, 0.2) is 24.3 Å². The summed E-state index contributed by atoms with van der Waals surface area (Å²) in [4.78, 5) is 25.1. The van der Waals surface area contributed by atoms with Crippen LogP contribution < -0.4 is 4.74 Å². The van der Waals surface area contributed by atoms with E-state index in [9.17, 15) is 9.59 Å². The van der Waals surface area contributed by atoms with Gasteiger partial charge in [0.25, 0.3) is 0 Å². The lowest BCUT2D eigenvalue weighted by Crippen LogP contribution is -2.40. The first-order valence-electron chi connectivity index (χ1n) is 7.65. The molecule has 1 atom stereocenters. The van der Waals surface area contributed by atoms with E-state index < -0.39 is 5.97 Å². The molecule has 1 aliphatic heterocycles. The van der Waals surface area contributed by atoms with Gasteiger partial charge >= 0.3 is 5.97 Å². The summed E-state index contributed by atoms with van der Waals surface area (Å²) in [7, 11) is 1.63. The molecule has 5 nitrogen and oxygen atoms in total. The number of hydrogen-bond donors (Lipinski definition) is 1. The standard InChI is InChI=1S/C17H23NO4/c1-12(14-4-3-5-15(11-14)22-2)10-16(19)18-8-6-13(7-9-18)17(20)21/h3-5,11-13H,6-10H2,1-2H3,(H,20,21)/t12-/m0/s1. The van der Waals surface area contributed by atoms with Gasteiger partial charge < -0.3 is 14.7 Å². The molecule has 0 radical (unpaired) electrons. The molecule has 0 aliphatic carbocycles. The number of rotatable bonds is 5. The second kappa shape index (κ2) is 7.29. The van der Waals surface area contributed by atoms with Gasteiger partial charge in [-0.05, 0) is 36.5 Å². The second-order valence-corrected chi connectivity index (χ2v) is 5.88. The second-order valence-electron chi connectivity index (χ2n) is 5.88. The normalized spacial score (nSPS) is 17.1. The van der Waals surface area contributed by atoms with Crippen LogP contribution in [0, 0.1) is 5.92 Å². The van der Waals surface area contributed by atoms with Crippen LogP contribution in [0.3, 0.4) is 0 Å². The van der Waals surface area contributed by atoms with Gasteiger partial charge in [0.05, 0.1) is 13.0 Å². The highest BCUT2D eigenvalue weighted by Crippen LogP contribution is 2.25. The van der Waals surface area contributed by atoms with Crippen LogP contribution in [0.1, 0.15) is 37.7 Å². The van der Waals surface area contributed by atoms with Crippen molar-refractivity contribution in [2.45, 2.75) is 32.1 Å². The molecule has 2 rings (SSSR count). The summed E-state index contributed by atoms with van der Waals surface area (Å²) in [6.07, 6.45) is 1.54. The van der Waals surface area contributed by atoms with Crippen molar-refractivity contribution in [3.63, 3.8) is 0 Å². The zero-order chi connectivity index (χ0) is 16.1. The number of carbonyl (C=O) groups excluding carboxylic acids is 1. The Morgan fingerprint density at radius 1 is 1.36 bits per heavy atom. The highest BCUT2D eigenvalue weighted by Gasteiger charge is 2.27. The molecule has 0 bridgehead atoms. The van der Waals surface area contributed by atoms with Crippen molar-refractivity contribution in [3.8, 4) is 5.75 Å². The van der Waals surface area contributed by atoms with Crippen LogP contribution >= 0.6 is 0 Å². The highest BCUT2D eigenvalue weighted by molar-refractivity contribution is 5.78. The molecular formula is C17H23NO4. The van der Waals surface area contributed by atoms with E-state index in [1.165, 1.54) is 0 Å². The summed E-state index contributed by atoms with van der Waals surface area (Å²) in [5.74, 6) is -0.0604. The fourth-order valence-corrected chi connectivity index (χ4v) is 2.83. The number of piperidine rings is 1. The van der Waals surface area contributed by atoms with E-state index in [0.29, 0.717) is 32.4 Å². The minimum absolute atomic E-state index is 0.0964. The molecular weight excluding hydrogens is 282 g/mol. The van der Waals surface area contributed by atoms with Crippen molar-refractivity contribution in [2.24, 2.45) is 5.92 Å². The van der Waals surface area contributed by atoms with Crippen LogP contribution in [-0.4, -0.2) is 42.1 Å². The van der Waals surface area contributed by atoms with E-state index in [1.54, 1.807) is 12.0 Å². The quantitative estimate of drug-likeness (QED) is 0.907. The summed E-state index contributed by atoms with van der Waals surface area (Å²) >= 11 is 0. The van der Waals surface area contributed by atoms with E-state index in [1.807, 2.05) is 31.2 Å². The minimum Gasteiger partial charge on any atom is -0.497 e. The number of carboxylic acid groups (broad SMARTS) is 1. The predicted octanol–water partition coefficient (Wildman–Crippen LogP) is 2.51.